The van der Waals surface area contributed by atoms with E-state index < -0.39 is 0 Å². The molecule has 6 nitrogen and oxygen atoms in total. The molecule has 0 aliphatic carbocycles. The lowest BCUT2D eigenvalue weighted by molar-refractivity contribution is 0.139. The number of phenolic OH excluding ortho intramolecular Hbond substituents is 2. The molecule has 2 aliphatic rings. The lowest BCUT2D eigenvalue weighted by Gasteiger charge is -2.28. The zero-order chi connectivity index (χ0) is 24.8. The van der Waals surface area contributed by atoms with Crippen molar-refractivity contribution in [3.63, 3.8) is 0 Å². The van der Waals surface area contributed by atoms with Crippen LogP contribution in [0.2, 0.25) is 0 Å². The summed E-state index contributed by atoms with van der Waals surface area (Å²) in [5.74, 6) is 3.90. The summed E-state index contributed by atoms with van der Waals surface area (Å²) < 4.78 is 22.6. The first-order valence-corrected chi connectivity index (χ1v) is 12.2. The van der Waals surface area contributed by atoms with Crippen molar-refractivity contribution >= 4 is 0 Å². The van der Waals surface area contributed by atoms with Gasteiger partial charge in [-0.2, -0.15) is 0 Å². The Bertz CT molecular complexity index is 1140. The fraction of sp³-hybridized carbons (Fsp3) is 0.379. The number of phenols is 2. The predicted molar refractivity (Wildman–Crippen MR) is 135 cm³/mol. The van der Waals surface area contributed by atoms with Gasteiger partial charge in [0.1, 0.15) is 40.6 Å². The highest BCUT2D eigenvalue weighted by molar-refractivity contribution is 5.52. The van der Waals surface area contributed by atoms with Crippen LogP contribution in [0.5, 0.6) is 34.5 Å². The van der Waals surface area contributed by atoms with Crippen LogP contribution in [0.25, 0.3) is 0 Å². The molecule has 2 unspecified atom stereocenters. The third-order valence-electron chi connectivity index (χ3n) is 6.55. The Morgan fingerprint density at radius 1 is 0.829 bits per heavy atom. The summed E-state index contributed by atoms with van der Waals surface area (Å²) in [6.45, 7) is 2.79. The number of unbranched alkanes of at least 4 members (excludes halogenated alkanes) is 3. The molecule has 0 radical (unpaired) electrons. The van der Waals surface area contributed by atoms with Crippen LogP contribution in [-0.4, -0.2) is 31.0 Å². The van der Waals surface area contributed by atoms with Crippen LogP contribution >= 0.6 is 0 Å². The Hall–Kier alpha value is -3.54. The molecular formula is C29H34O6. The summed E-state index contributed by atoms with van der Waals surface area (Å²) >= 11 is 0. The van der Waals surface area contributed by atoms with Gasteiger partial charge in [0.2, 0.25) is 0 Å². The first-order valence-electron chi connectivity index (χ1n) is 12.2. The van der Waals surface area contributed by atoms with Crippen LogP contribution in [-0.2, 0) is 6.42 Å². The highest BCUT2D eigenvalue weighted by Gasteiger charge is 2.40. The van der Waals surface area contributed by atoms with E-state index in [1.54, 1.807) is 26.4 Å². The average molecular weight is 479 g/mol. The van der Waals surface area contributed by atoms with Crippen molar-refractivity contribution in [3.8, 4) is 34.5 Å². The van der Waals surface area contributed by atoms with Crippen LogP contribution in [0.15, 0.2) is 54.6 Å². The van der Waals surface area contributed by atoms with Crippen molar-refractivity contribution in [2.24, 2.45) is 0 Å². The van der Waals surface area contributed by atoms with Crippen molar-refractivity contribution in [1.82, 2.24) is 0 Å². The molecule has 2 atom stereocenters. The monoisotopic (exact) mass is 478 g/mol. The van der Waals surface area contributed by atoms with Crippen LogP contribution in [0.1, 0.15) is 61.3 Å². The Morgan fingerprint density at radius 2 is 1.54 bits per heavy atom. The summed E-state index contributed by atoms with van der Waals surface area (Å²) in [7, 11) is 3.32. The maximum atomic E-state index is 9.49. The third-order valence-corrected chi connectivity index (χ3v) is 6.55. The van der Waals surface area contributed by atoms with E-state index in [1.165, 1.54) is 30.9 Å². The molecule has 5 rings (SSSR count). The van der Waals surface area contributed by atoms with Gasteiger partial charge in [0.25, 0.3) is 0 Å². The van der Waals surface area contributed by atoms with Gasteiger partial charge in [0, 0.05) is 29.3 Å². The minimum absolute atomic E-state index is 0.00163. The Kier molecular flexibility index (Phi) is 7.91. The SMILES string of the molecule is CCCCCCc1ccc(O)cc1O.COc1ccc2c(c1)OC1c3ccc(OC)cc3OCC21. The lowest BCUT2D eigenvalue weighted by Crippen LogP contribution is -2.23. The number of methoxy groups -OCH3 is 2. The van der Waals surface area contributed by atoms with Crippen molar-refractivity contribution < 1.29 is 29.2 Å². The second-order valence-electron chi connectivity index (χ2n) is 8.89. The minimum atomic E-state index is 0.00163. The molecule has 186 valence electrons. The summed E-state index contributed by atoms with van der Waals surface area (Å²) in [6.07, 6.45) is 5.68. The Balaban J connectivity index is 0.000000181. The number of rotatable bonds is 7. The number of benzene rings is 3. The number of hydrogen-bond acceptors (Lipinski definition) is 6. The minimum Gasteiger partial charge on any atom is -0.508 e. The Morgan fingerprint density at radius 3 is 2.23 bits per heavy atom. The van der Waals surface area contributed by atoms with Crippen LogP contribution in [0, 0.1) is 0 Å². The first kappa shape index (κ1) is 24.6. The van der Waals surface area contributed by atoms with E-state index in [4.69, 9.17) is 24.1 Å². The molecule has 2 N–H and O–H groups in total. The van der Waals surface area contributed by atoms with E-state index in [1.807, 2.05) is 30.3 Å². The fourth-order valence-electron chi connectivity index (χ4n) is 4.58. The maximum Gasteiger partial charge on any atom is 0.138 e. The maximum absolute atomic E-state index is 9.49. The molecule has 0 bridgehead atoms. The molecule has 0 saturated carbocycles. The molecular weight excluding hydrogens is 444 g/mol. The number of fused-ring (bicyclic) bond motifs is 5. The van der Waals surface area contributed by atoms with Crippen LogP contribution in [0.4, 0.5) is 0 Å². The molecule has 0 spiro atoms. The second-order valence-corrected chi connectivity index (χ2v) is 8.89. The second kappa shape index (κ2) is 11.3. The van der Waals surface area contributed by atoms with Gasteiger partial charge in [-0.1, -0.05) is 38.3 Å². The predicted octanol–water partition coefficient (Wildman–Crippen LogP) is 6.53. The summed E-state index contributed by atoms with van der Waals surface area (Å²) in [6, 6.07) is 16.7. The number of aromatic hydroxyl groups is 2. The molecule has 6 heteroatoms. The van der Waals surface area contributed by atoms with E-state index in [2.05, 4.69) is 13.0 Å². The van der Waals surface area contributed by atoms with Crippen molar-refractivity contribution in [2.75, 3.05) is 20.8 Å². The molecule has 0 amide bonds. The van der Waals surface area contributed by atoms with Gasteiger partial charge in [-0.05, 0) is 42.7 Å². The third kappa shape index (κ3) is 5.59. The van der Waals surface area contributed by atoms with Crippen molar-refractivity contribution in [1.29, 1.82) is 0 Å². The van der Waals surface area contributed by atoms with Crippen molar-refractivity contribution in [3.05, 3.63) is 71.3 Å². The van der Waals surface area contributed by atoms with Gasteiger partial charge >= 0.3 is 0 Å². The zero-order valence-corrected chi connectivity index (χ0v) is 20.6. The van der Waals surface area contributed by atoms with Gasteiger partial charge in [0.15, 0.2) is 0 Å². The smallest absolute Gasteiger partial charge is 0.138 e. The van der Waals surface area contributed by atoms with E-state index in [9.17, 15) is 5.11 Å². The first-order chi connectivity index (χ1) is 17.0. The molecule has 0 fully saturated rings. The summed E-state index contributed by atoms with van der Waals surface area (Å²) in [5, 5.41) is 18.6. The van der Waals surface area contributed by atoms with Gasteiger partial charge in [-0.15, -0.1) is 0 Å². The van der Waals surface area contributed by atoms with Gasteiger partial charge in [-0.3, -0.25) is 0 Å². The molecule has 35 heavy (non-hydrogen) atoms. The number of ether oxygens (including phenoxy) is 4. The molecule has 0 aromatic heterocycles. The van der Waals surface area contributed by atoms with E-state index in [0.717, 1.165) is 47.0 Å². The van der Waals surface area contributed by atoms with Crippen LogP contribution < -0.4 is 18.9 Å². The highest BCUT2D eigenvalue weighted by Crippen LogP contribution is 2.52. The zero-order valence-electron chi connectivity index (χ0n) is 20.6. The van der Waals surface area contributed by atoms with E-state index in [0.29, 0.717) is 6.61 Å². The molecule has 3 aromatic carbocycles. The van der Waals surface area contributed by atoms with Gasteiger partial charge in [-0.25, -0.2) is 0 Å². The summed E-state index contributed by atoms with van der Waals surface area (Å²) in [4.78, 5) is 0. The normalized spacial score (nSPS) is 17.0. The summed E-state index contributed by atoms with van der Waals surface area (Å²) in [5.41, 5.74) is 3.18. The Labute approximate surface area is 207 Å². The molecule has 2 aliphatic heterocycles. The fourth-order valence-corrected chi connectivity index (χ4v) is 4.58. The average Bonchev–Trinajstić information content (AvgIpc) is 3.26. The largest absolute Gasteiger partial charge is 0.508 e. The molecule has 3 aromatic rings. The topological polar surface area (TPSA) is 77.4 Å². The molecule has 0 saturated heterocycles. The highest BCUT2D eigenvalue weighted by atomic mass is 16.5. The lowest BCUT2D eigenvalue weighted by atomic mass is 9.89. The molecule has 2 heterocycles. The van der Waals surface area contributed by atoms with Crippen molar-refractivity contribution in [2.45, 2.75) is 51.0 Å². The number of aryl methyl sites for hydroxylation is 1. The number of hydrogen-bond donors (Lipinski definition) is 2. The van der Waals surface area contributed by atoms with E-state index in [-0.39, 0.29) is 23.5 Å². The van der Waals surface area contributed by atoms with Gasteiger partial charge < -0.3 is 29.2 Å². The van der Waals surface area contributed by atoms with Gasteiger partial charge in [0.05, 0.1) is 26.7 Å². The van der Waals surface area contributed by atoms with Crippen LogP contribution in [0.3, 0.4) is 0 Å². The quantitative estimate of drug-likeness (QED) is 0.376. The van der Waals surface area contributed by atoms with E-state index >= 15 is 0 Å². The standard InChI is InChI=1S/C17H16O4.C12H18O2/c1-18-10-4-6-13-15(7-10)20-9-14-12-5-3-11(19-2)8-16(12)21-17(13)14;1-2-3-4-5-6-10-7-8-11(13)9-12(10)14/h3-8,14,17H,9H2,1-2H3;7-9,13-14H,2-6H2,1H3.